The second-order valence-electron chi connectivity index (χ2n) is 8.77. The zero-order chi connectivity index (χ0) is 27.8. The molecule has 0 aliphatic heterocycles. The third kappa shape index (κ3) is 7.25. The SMILES string of the molecule is COCCN(CC(N)=O)C(=O)c1cc2c(N(C)C)nc(NCCc3ccc(Cl)cc3Cl)nc2n1CCOC. The van der Waals surface area contributed by atoms with Gasteiger partial charge in [-0.05, 0) is 30.2 Å². The molecular weight excluding hydrogens is 533 g/mol. The van der Waals surface area contributed by atoms with E-state index in [1.807, 2.05) is 25.1 Å². The van der Waals surface area contributed by atoms with Crippen LogP contribution in [-0.4, -0.2) is 92.4 Å². The van der Waals surface area contributed by atoms with Crippen LogP contribution in [0.2, 0.25) is 10.0 Å². The van der Waals surface area contributed by atoms with Gasteiger partial charge < -0.3 is 34.9 Å². The zero-order valence-electron chi connectivity index (χ0n) is 22.0. The quantitative estimate of drug-likeness (QED) is 0.305. The number of aromatic nitrogens is 3. The van der Waals surface area contributed by atoms with Crippen LogP contribution in [0.4, 0.5) is 11.8 Å². The van der Waals surface area contributed by atoms with Gasteiger partial charge in [0.1, 0.15) is 17.2 Å². The fraction of sp³-hybridized carbons (Fsp3) is 0.440. The summed E-state index contributed by atoms with van der Waals surface area (Å²) in [6, 6.07) is 7.13. The average molecular weight is 566 g/mol. The van der Waals surface area contributed by atoms with E-state index in [4.69, 9.17) is 48.4 Å². The van der Waals surface area contributed by atoms with Crippen molar-refractivity contribution in [2.24, 2.45) is 5.73 Å². The fourth-order valence-electron chi connectivity index (χ4n) is 3.95. The molecule has 38 heavy (non-hydrogen) atoms. The van der Waals surface area contributed by atoms with E-state index in [9.17, 15) is 9.59 Å². The summed E-state index contributed by atoms with van der Waals surface area (Å²) in [6.45, 7) is 1.45. The summed E-state index contributed by atoms with van der Waals surface area (Å²) in [7, 11) is 6.84. The number of hydrogen-bond acceptors (Lipinski definition) is 8. The highest BCUT2D eigenvalue weighted by atomic mass is 35.5. The van der Waals surface area contributed by atoms with Crippen molar-refractivity contribution in [2.45, 2.75) is 13.0 Å². The number of rotatable bonds is 14. The maximum Gasteiger partial charge on any atom is 0.271 e. The Bertz CT molecular complexity index is 1280. The van der Waals surface area contributed by atoms with Gasteiger partial charge in [0.15, 0.2) is 0 Å². The van der Waals surface area contributed by atoms with E-state index in [-0.39, 0.29) is 25.6 Å². The molecule has 1 aromatic carbocycles. The number of nitrogens with one attached hydrogen (secondary N) is 1. The van der Waals surface area contributed by atoms with Gasteiger partial charge >= 0.3 is 0 Å². The first-order valence-corrected chi connectivity index (χ1v) is 12.7. The minimum Gasteiger partial charge on any atom is -0.383 e. The van der Waals surface area contributed by atoms with Crippen LogP contribution in [0, 0.1) is 0 Å². The number of amides is 2. The van der Waals surface area contributed by atoms with Crippen LogP contribution < -0.4 is 16.0 Å². The van der Waals surface area contributed by atoms with Crippen molar-refractivity contribution in [1.82, 2.24) is 19.4 Å². The number of methoxy groups -OCH3 is 2. The van der Waals surface area contributed by atoms with Gasteiger partial charge in [-0.15, -0.1) is 0 Å². The molecule has 2 amide bonds. The molecule has 206 valence electrons. The van der Waals surface area contributed by atoms with Crippen LogP contribution in [0.15, 0.2) is 24.3 Å². The van der Waals surface area contributed by atoms with Gasteiger partial charge in [0.2, 0.25) is 11.9 Å². The van der Waals surface area contributed by atoms with E-state index >= 15 is 0 Å². The first-order chi connectivity index (χ1) is 18.2. The predicted molar refractivity (Wildman–Crippen MR) is 149 cm³/mol. The number of benzene rings is 1. The molecule has 11 nitrogen and oxygen atoms in total. The van der Waals surface area contributed by atoms with E-state index in [1.54, 1.807) is 29.9 Å². The van der Waals surface area contributed by atoms with E-state index in [1.165, 1.54) is 12.0 Å². The Hall–Kier alpha value is -3.12. The Kier molecular flexibility index (Phi) is 10.5. The molecule has 3 aromatic rings. The average Bonchev–Trinajstić information content (AvgIpc) is 3.23. The van der Waals surface area contributed by atoms with Gasteiger partial charge in [-0.3, -0.25) is 9.59 Å². The third-order valence-electron chi connectivity index (χ3n) is 5.79. The smallest absolute Gasteiger partial charge is 0.271 e. The molecule has 0 aliphatic carbocycles. The summed E-state index contributed by atoms with van der Waals surface area (Å²) < 4.78 is 12.2. The highest BCUT2D eigenvalue weighted by Gasteiger charge is 2.25. The van der Waals surface area contributed by atoms with Crippen LogP contribution in [0.25, 0.3) is 11.0 Å². The number of anilines is 2. The first-order valence-electron chi connectivity index (χ1n) is 12.0. The highest BCUT2D eigenvalue weighted by molar-refractivity contribution is 6.35. The first kappa shape index (κ1) is 29.4. The zero-order valence-corrected chi connectivity index (χ0v) is 23.5. The molecule has 0 unspecified atom stereocenters. The Morgan fingerprint density at radius 1 is 1.11 bits per heavy atom. The number of nitrogens with zero attached hydrogens (tertiary/aromatic N) is 5. The van der Waals surface area contributed by atoms with Crippen LogP contribution in [0.1, 0.15) is 16.1 Å². The molecule has 0 aliphatic rings. The van der Waals surface area contributed by atoms with Gasteiger partial charge in [-0.1, -0.05) is 29.3 Å². The molecule has 0 radical (unpaired) electrons. The Morgan fingerprint density at radius 3 is 2.47 bits per heavy atom. The second-order valence-corrected chi connectivity index (χ2v) is 9.62. The predicted octanol–water partition coefficient (Wildman–Crippen LogP) is 2.68. The molecular formula is C25H33Cl2N7O4. The molecule has 0 saturated heterocycles. The number of fused-ring (bicyclic) bond motifs is 1. The number of nitrogens with two attached hydrogens (primary N) is 1. The number of ether oxygens (including phenoxy) is 2. The number of hydrogen-bond donors (Lipinski definition) is 2. The van der Waals surface area contributed by atoms with Crippen molar-refractivity contribution in [3.05, 3.63) is 45.6 Å². The molecule has 2 aromatic heterocycles. The molecule has 0 fully saturated rings. The summed E-state index contributed by atoms with van der Waals surface area (Å²) in [5.41, 5.74) is 7.26. The van der Waals surface area contributed by atoms with E-state index < -0.39 is 5.91 Å². The van der Waals surface area contributed by atoms with Crippen molar-refractivity contribution >= 4 is 57.8 Å². The lowest BCUT2D eigenvalue weighted by atomic mass is 10.1. The summed E-state index contributed by atoms with van der Waals surface area (Å²) in [4.78, 5) is 37.9. The minimum atomic E-state index is -0.616. The van der Waals surface area contributed by atoms with Crippen molar-refractivity contribution < 1.29 is 19.1 Å². The maximum atomic E-state index is 13.6. The van der Waals surface area contributed by atoms with Crippen molar-refractivity contribution in [2.75, 3.05) is 71.4 Å². The molecule has 0 saturated carbocycles. The van der Waals surface area contributed by atoms with Crippen molar-refractivity contribution in [3.8, 4) is 0 Å². The number of primary amides is 1. The molecule has 0 bridgehead atoms. The lowest BCUT2D eigenvalue weighted by molar-refractivity contribution is -0.118. The number of carbonyl (C=O) groups is 2. The number of carbonyl (C=O) groups excluding carboxylic acids is 2. The van der Waals surface area contributed by atoms with Crippen LogP contribution >= 0.6 is 23.2 Å². The topological polar surface area (TPSA) is 128 Å². The lowest BCUT2D eigenvalue weighted by Crippen LogP contribution is -2.41. The van der Waals surface area contributed by atoms with Crippen molar-refractivity contribution in [1.29, 1.82) is 0 Å². The summed E-state index contributed by atoms with van der Waals surface area (Å²) in [5, 5.41) is 5.12. The second kappa shape index (κ2) is 13.6. The van der Waals surface area contributed by atoms with Crippen LogP contribution in [0.5, 0.6) is 0 Å². The maximum absolute atomic E-state index is 13.6. The molecule has 13 heteroatoms. The van der Waals surface area contributed by atoms with Crippen LogP contribution in [-0.2, 0) is 27.2 Å². The van der Waals surface area contributed by atoms with Gasteiger partial charge in [-0.2, -0.15) is 9.97 Å². The standard InChI is InChI=1S/C25H33Cl2N7O4/c1-32(2)22-18-14-20(24(36)33(9-11-37-3)15-21(28)35)34(10-12-38-4)23(18)31-25(30-22)29-8-7-16-5-6-17(26)13-19(16)27/h5-6,13-14H,7-12,15H2,1-4H3,(H2,28,35)(H,29,30,31). The largest absolute Gasteiger partial charge is 0.383 e. The van der Waals surface area contributed by atoms with Gasteiger partial charge in [-0.25, -0.2) is 0 Å². The van der Waals surface area contributed by atoms with E-state index in [2.05, 4.69) is 5.32 Å². The van der Waals surface area contributed by atoms with Gasteiger partial charge in [0.05, 0.1) is 25.1 Å². The molecule has 3 rings (SSSR count). The molecule has 0 atom stereocenters. The molecule has 3 N–H and O–H groups in total. The fourth-order valence-corrected chi connectivity index (χ4v) is 4.46. The Labute approximate surface area is 231 Å². The Morgan fingerprint density at radius 2 is 1.84 bits per heavy atom. The number of halogens is 2. The van der Waals surface area contributed by atoms with Crippen LogP contribution in [0.3, 0.4) is 0 Å². The van der Waals surface area contributed by atoms with Crippen molar-refractivity contribution in [3.63, 3.8) is 0 Å². The third-order valence-corrected chi connectivity index (χ3v) is 6.37. The van der Waals surface area contributed by atoms with Gasteiger partial charge in [0.25, 0.3) is 5.91 Å². The minimum absolute atomic E-state index is 0.205. The monoisotopic (exact) mass is 565 g/mol. The summed E-state index contributed by atoms with van der Waals surface area (Å²) in [6.07, 6.45) is 0.630. The normalized spacial score (nSPS) is 11.1. The summed E-state index contributed by atoms with van der Waals surface area (Å²) >= 11 is 12.3. The van der Waals surface area contributed by atoms with Gasteiger partial charge in [0, 0.05) is 58.0 Å². The Balaban J connectivity index is 2.00. The highest BCUT2D eigenvalue weighted by Crippen LogP contribution is 2.29. The van der Waals surface area contributed by atoms with E-state index in [0.29, 0.717) is 64.7 Å². The molecule has 0 spiro atoms. The summed E-state index contributed by atoms with van der Waals surface area (Å²) in [5.74, 6) is 0.0441. The molecule has 2 heterocycles. The van der Waals surface area contributed by atoms with E-state index in [0.717, 1.165) is 5.56 Å². The lowest BCUT2D eigenvalue weighted by Gasteiger charge is -2.21.